The molecule has 0 aromatic carbocycles. The maximum atomic E-state index is 11.4. The molecule has 0 aromatic heterocycles. The first kappa shape index (κ1) is 14.1. The number of morpholine rings is 1. The standard InChI is InChI=1S/C12H22N2O3/c1-3-6-13-10(2)5-4-7-14-11(15)8-17-9-12(14)16/h10,13H,3-9H2,1-2H3. The molecule has 5 heteroatoms. The molecule has 0 saturated carbocycles. The number of imide groups is 1. The van der Waals surface area contributed by atoms with Crippen molar-refractivity contribution in [3.8, 4) is 0 Å². The van der Waals surface area contributed by atoms with E-state index in [0.29, 0.717) is 12.6 Å². The Balaban J connectivity index is 2.20. The van der Waals surface area contributed by atoms with Gasteiger partial charge in [-0.3, -0.25) is 14.5 Å². The van der Waals surface area contributed by atoms with Gasteiger partial charge in [0, 0.05) is 12.6 Å². The van der Waals surface area contributed by atoms with Gasteiger partial charge in [0.15, 0.2) is 0 Å². The lowest BCUT2D eigenvalue weighted by molar-refractivity contribution is -0.158. The first-order chi connectivity index (χ1) is 8.15. The lowest BCUT2D eigenvalue weighted by atomic mass is 10.1. The van der Waals surface area contributed by atoms with Crippen molar-refractivity contribution in [2.45, 2.75) is 39.2 Å². The normalized spacial score (nSPS) is 18.6. The number of carbonyl (C=O) groups is 2. The van der Waals surface area contributed by atoms with Crippen molar-refractivity contribution in [3.63, 3.8) is 0 Å². The molecule has 1 fully saturated rings. The molecule has 1 heterocycles. The molecule has 1 rings (SSSR count). The molecule has 1 unspecified atom stereocenters. The van der Waals surface area contributed by atoms with Crippen LogP contribution in [0.5, 0.6) is 0 Å². The summed E-state index contributed by atoms with van der Waals surface area (Å²) in [5, 5.41) is 3.38. The van der Waals surface area contributed by atoms with Gasteiger partial charge in [0.1, 0.15) is 13.2 Å². The molecule has 0 radical (unpaired) electrons. The van der Waals surface area contributed by atoms with E-state index in [-0.39, 0.29) is 25.0 Å². The Hall–Kier alpha value is -0.940. The zero-order valence-corrected chi connectivity index (χ0v) is 10.7. The van der Waals surface area contributed by atoms with E-state index in [2.05, 4.69) is 19.2 Å². The highest BCUT2D eigenvalue weighted by Gasteiger charge is 2.25. The minimum Gasteiger partial charge on any atom is -0.362 e. The second-order valence-corrected chi connectivity index (χ2v) is 4.43. The Bertz CT molecular complexity index is 252. The van der Waals surface area contributed by atoms with Crippen LogP contribution in [0.4, 0.5) is 0 Å². The van der Waals surface area contributed by atoms with Gasteiger partial charge in [-0.1, -0.05) is 6.92 Å². The fourth-order valence-corrected chi connectivity index (χ4v) is 1.82. The summed E-state index contributed by atoms with van der Waals surface area (Å²) >= 11 is 0. The van der Waals surface area contributed by atoms with Crippen molar-refractivity contribution in [1.82, 2.24) is 10.2 Å². The molecular formula is C12H22N2O3. The highest BCUT2D eigenvalue weighted by molar-refractivity contribution is 5.98. The van der Waals surface area contributed by atoms with Crippen LogP contribution in [-0.4, -0.2) is 49.1 Å². The Morgan fingerprint density at radius 3 is 2.59 bits per heavy atom. The summed E-state index contributed by atoms with van der Waals surface area (Å²) < 4.78 is 4.85. The van der Waals surface area contributed by atoms with Crippen LogP contribution in [0, 0.1) is 0 Å². The van der Waals surface area contributed by atoms with E-state index in [4.69, 9.17) is 4.74 Å². The number of nitrogens with zero attached hydrogens (tertiary/aromatic N) is 1. The fourth-order valence-electron chi connectivity index (χ4n) is 1.82. The Kier molecular flexibility index (Phi) is 6.15. The third kappa shape index (κ3) is 4.83. The highest BCUT2D eigenvalue weighted by atomic mass is 16.5. The average molecular weight is 242 g/mol. The number of nitrogens with one attached hydrogen (secondary N) is 1. The van der Waals surface area contributed by atoms with Crippen LogP contribution in [0.3, 0.4) is 0 Å². The second kappa shape index (κ2) is 7.40. The van der Waals surface area contributed by atoms with Crippen molar-refractivity contribution in [1.29, 1.82) is 0 Å². The highest BCUT2D eigenvalue weighted by Crippen LogP contribution is 2.05. The first-order valence-electron chi connectivity index (χ1n) is 6.29. The van der Waals surface area contributed by atoms with E-state index in [1.807, 2.05) is 0 Å². The van der Waals surface area contributed by atoms with Crippen LogP contribution < -0.4 is 5.32 Å². The second-order valence-electron chi connectivity index (χ2n) is 4.43. The van der Waals surface area contributed by atoms with Gasteiger partial charge < -0.3 is 10.1 Å². The molecule has 0 bridgehead atoms. The van der Waals surface area contributed by atoms with E-state index in [1.165, 1.54) is 4.90 Å². The van der Waals surface area contributed by atoms with Gasteiger partial charge in [0.25, 0.3) is 11.8 Å². The summed E-state index contributed by atoms with van der Waals surface area (Å²) in [5.74, 6) is -0.425. The molecule has 5 nitrogen and oxygen atoms in total. The summed E-state index contributed by atoms with van der Waals surface area (Å²) in [5.41, 5.74) is 0. The van der Waals surface area contributed by atoms with E-state index in [1.54, 1.807) is 0 Å². The molecule has 1 aliphatic rings. The first-order valence-corrected chi connectivity index (χ1v) is 6.29. The Morgan fingerprint density at radius 2 is 2.00 bits per heavy atom. The zero-order chi connectivity index (χ0) is 12.7. The summed E-state index contributed by atoms with van der Waals surface area (Å²) in [6, 6.07) is 0.432. The predicted molar refractivity (Wildman–Crippen MR) is 64.5 cm³/mol. The predicted octanol–water partition coefficient (Wildman–Crippen LogP) is 0.540. The minimum atomic E-state index is -0.213. The van der Waals surface area contributed by atoms with Crippen LogP contribution in [-0.2, 0) is 14.3 Å². The fraction of sp³-hybridized carbons (Fsp3) is 0.833. The lowest BCUT2D eigenvalue weighted by Crippen LogP contribution is -2.46. The maximum absolute atomic E-state index is 11.4. The molecule has 1 saturated heterocycles. The number of hydrogen-bond donors (Lipinski definition) is 1. The third-order valence-electron chi connectivity index (χ3n) is 2.81. The van der Waals surface area contributed by atoms with Gasteiger partial charge >= 0.3 is 0 Å². The monoisotopic (exact) mass is 242 g/mol. The van der Waals surface area contributed by atoms with Gasteiger partial charge in [0.2, 0.25) is 0 Å². The molecule has 1 atom stereocenters. The minimum absolute atomic E-state index is 0.0371. The van der Waals surface area contributed by atoms with Gasteiger partial charge in [0.05, 0.1) is 0 Å². The number of hydrogen-bond acceptors (Lipinski definition) is 4. The van der Waals surface area contributed by atoms with Crippen molar-refractivity contribution < 1.29 is 14.3 Å². The molecule has 1 N–H and O–H groups in total. The van der Waals surface area contributed by atoms with Crippen LogP contribution in [0.25, 0.3) is 0 Å². The van der Waals surface area contributed by atoms with Crippen molar-refractivity contribution in [2.24, 2.45) is 0 Å². The number of carbonyl (C=O) groups excluding carboxylic acids is 2. The van der Waals surface area contributed by atoms with E-state index in [0.717, 1.165) is 25.8 Å². The molecule has 0 aliphatic carbocycles. The summed E-state index contributed by atoms with van der Waals surface area (Å²) in [6.07, 6.45) is 2.93. The molecular weight excluding hydrogens is 220 g/mol. The largest absolute Gasteiger partial charge is 0.362 e. The summed E-state index contributed by atoms with van der Waals surface area (Å²) in [4.78, 5) is 24.1. The summed E-state index contributed by atoms with van der Waals surface area (Å²) in [6.45, 7) is 5.85. The van der Waals surface area contributed by atoms with E-state index >= 15 is 0 Å². The Labute approximate surface area is 102 Å². The van der Waals surface area contributed by atoms with Crippen LogP contribution in [0.15, 0.2) is 0 Å². The lowest BCUT2D eigenvalue weighted by Gasteiger charge is -2.25. The van der Waals surface area contributed by atoms with Gasteiger partial charge in [-0.05, 0) is 32.7 Å². The van der Waals surface area contributed by atoms with Gasteiger partial charge in [-0.2, -0.15) is 0 Å². The van der Waals surface area contributed by atoms with Gasteiger partial charge in [-0.15, -0.1) is 0 Å². The quantitative estimate of drug-likeness (QED) is 0.662. The third-order valence-corrected chi connectivity index (χ3v) is 2.81. The molecule has 0 spiro atoms. The molecule has 0 aromatic rings. The molecule has 2 amide bonds. The van der Waals surface area contributed by atoms with Crippen molar-refractivity contribution in [3.05, 3.63) is 0 Å². The smallest absolute Gasteiger partial charge is 0.255 e. The zero-order valence-electron chi connectivity index (χ0n) is 10.7. The van der Waals surface area contributed by atoms with Gasteiger partial charge in [-0.25, -0.2) is 0 Å². The van der Waals surface area contributed by atoms with Crippen LogP contribution in [0.1, 0.15) is 33.1 Å². The average Bonchev–Trinajstić information content (AvgIpc) is 2.30. The maximum Gasteiger partial charge on any atom is 0.255 e. The Morgan fingerprint density at radius 1 is 1.35 bits per heavy atom. The molecule has 98 valence electrons. The number of ether oxygens (including phenoxy) is 1. The molecule has 17 heavy (non-hydrogen) atoms. The van der Waals surface area contributed by atoms with E-state index in [9.17, 15) is 9.59 Å². The molecule has 1 aliphatic heterocycles. The SMILES string of the molecule is CCCNC(C)CCCN1C(=O)COCC1=O. The number of rotatable bonds is 7. The van der Waals surface area contributed by atoms with Crippen LogP contribution >= 0.6 is 0 Å². The van der Waals surface area contributed by atoms with Crippen molar-refractivity contribution >= 4 is 11.8 Å². The topological polar surface area (TPSA) is 58.6 Å². The van der Waals surface area contributed by atoms with E-state index < -0.39 is 0 Å². The van der Waals surface area contributed by atoms with Crippen LogP contribution in [0.2, 0.25) is 0 Å². The summed E-state index contributed by atoms with van der Waals surface area (Å²) in [7, 11) is 0. The number of amides is 2. The van der Waals surface area contributed by atoms with Crippen molar-refractivity contribution in [2.75, 3.05) is 26.3 Å².